The molecule has 2 rings (SSSR count). The molecule has 0 spiro atoms. The fourth-order valence-electron chi connectivity index (χ4n) is 1.88. The first-order valence-electron chi connectivity index (χ1n) is 5.98. The summed E-state index contributed by atoms with van der Waals surface area (Å²) in [6.07, 6.45) is -0.150. The van der Waals surface area contributed by atoms with Crippen molar-refractivity contribution in [2.45, 2.75) is 19.4 Å². The second kappa shape index (κ2) is 5.40. The number of ether oxygens (including phenoxy) is 1. The van der Waals surface area contributed by atoms with Crippen molar-refractivity contribution in [2.75, 3.05) is 0 Å². The molecule has 96 valence electrons. The highest BCUT2D eigenvalue weighted by Crippen LogP contribution is 2.31. The molecule has 0 aliphatic heterocycles. The smallest absolute Gasteiger partial charge is 0.339 e. The van der Waals surface area contributed by atoms with Gasteiger partial charge in [0.05, 0.1) is 0 Å². The largest absolute Gasteiger partial charge is 0.478 e. The summed E-state index contributed by atoms with van der Waals surface area (Å²) in [6.45, 7) is 1.82. The van der Waals surface area contributed by atoms with Crippen LogP contribution in [-0.2, 0) is 0 Å². The summed E-state index contributed by atoms with van der Waals surface area (Å²) in [5.41, 5.74) is 0.0763. The maximum absolute atomic E-state index is 11.3. The van der Waals surface area contributed by atoms with E-state index in [0.717, 1.165) is 5.39 Å². The monoisotopic (exact) mass is 255 g/mol. The Hall–Kier alpha value is -2.54. The number of fused-ring (bicyclic) bond motifs is 1. The lowest BCUT2D eigenvalue weighted by atomic mass is 10.1. The number of hydrogen-bond acceptors (Lipinski definition) is 3. The van der Waals surface area contributed by atoms with Crippen LogP contribution in [0.5, 0.6) is 5.75 Å². The number of hydrogen-bond donors (Lipinski definition) is 1. The lowest BCUT2D eigenvalue weighted by Crippen LogP contribution is -2.15. The highest BCUT2D eigenvalue weighted by molar-refractivity contribution is 6.00. The molecule has 0 fully saturated rings. The van der Waals surface area contributed by atoms with Gasteiger partial charge in [-0.2, -0.15) is 5.26 Å². The van der Waals surface area contributed by atoms with Crippen molar-refractivity contribution in [3.63, 3.8) is 0 Å². The summed E-state index contributed by atoms with van der Waals surface area (Å²) in [5, 5.41) is 19.8. The van der Waals surface area contributed by atoms with Crippen LogP contribution in [-0.4, -0.2) is 17.2 Å². The Morgan fingerprint density at radius 3 is 2.74 bits per heavy atom. The van der Waals surface area contributed by atoms with Gasteiger partial charge >= 0.3 is 5.97 Å². The van der Waals surface area contributed by atoms with Crippen LogP contribution in [0.4, 0.5) is 0 Å². The van der Waals surface area contributed by atoms with Crippen LogP contribution in [0.1, 0.15) is 23.7 Å². The molecule has 0 radical (unpaired) electrons. The predicted octanol–water partition coefficient (Wildman–Crippen LogP) is 3.22. The number of nitrogens with zero attached hydrogens (tertiary/aromatic N) is 1. The van der Waals surface area contributed by atoms with Gasteiger partial charge in [-0.25, -0.2) is 4.79 Å². The Bertz CT molecular complexity index is 658. The number of carbonyl (C=O) groups is 1. The standard InChI is InChI=1S/C15H13NO3/c1-2-11(9-16)19-14-12-6-4-3-5-10(12)7-8-13(14)15(17)18/h3-8,11H,2H2,1H3,(H,17,18). The first-order chi connectivity index (χ1) is 9.17. The van der Waals surface area contributed by atoms with Gasteiger partial charge in [0, 0.05) is 5.39 Å². The van der Waals surface area contributed by atoms with Crippen LogP contribution in [0.25, 0.3) is 10.8 Å². The number of carboxylic acid groups (broad SMARTS) is 1. The Morgan fingerprint density at radius 1 is 1.37 bits per heavy atom. The lowest BCUT2D eigenvalue weighted by molar-refractivity contribution is 0.0691. The zero-order chi connectivity index (χ0) is 13.8. The number of aromatic carboxylic acids is 1. The van der Waals surface area contributed by atoms with Crippen LogP contribution in [0.15, 0.2) is 36.4 Å². The topological polar surface area (TPSA) is 70.3 Å². The number of nitriles is 1. The summed E-state index contributed by atoms with van der Waals surface area (Å²) >= 11 is 0. The normalized spacial score (nSPS) is 11.8. The minimum atomic E-state index is -1.06. The van der Waals surface area contributed by atoms with E-state index in [9.17, 15) is 9.90 Å². The molecule has 1 atom stereocenters. The molecule has 1 unspecified atom stereocenters. The van der Waals surface area contributed by atoms with Crippen molar-refractivity contribution in [1.82, 2.24) is 0 Å². The van der Waals surface area contributed by atoms with Crippen molar-refractivity contribution in [1.29, 1.82) is 5.26 Å². The third-order valence-electron chi connectivity index (χ3n) is 2.88. The second-order valence-electron chi connectivity index (χ2n) is 4.11. The van der Waals surface area contributed by atoms with Crippen molar-refractivity contribution < 1.29 is 14.6 Å². The zero-order valence-electron chi connectivity index (χ0n) is 10.5. The Labute approximate surface area is 110 Å². The number of carboxylic acids is 1. The Kier molecular flexibility index (Phi) is 3.67. The summed E-state index contributed by atoms with van der Waals surface area (Å²) in [5.74, 6) is -0.799. The average molecular weight is 255 g/mol. The van der Waals surface area contributed by atoms with E-state index >= 15 is 0 Å². The third-order valence-corrected chi connectivity index (χ3v) is 2.88. The van der Waals surface area contributed by atoms with E-state index in [1.165, 1.54) is 6.07 Å². The van der Waals surface area contributed by atoms with E-state index in [1.54, 1.807) is 12.1 Å². The Morgan fingerprint density at radius 2 is 2.11 bits per heavy atom. The molecule has 1 N–H and O–H groups in total. The first-order valence-corrected chi connectivity index (χ1v) is 5.98. The summed E-state index contributed by atoms with van der Waals surface area (Å²) in [7, 11) is 0. The van der Waals surface area contributed by atoms with Crippen LogP contribution in [0.3, 0.4) is 0 Å². The molecule has 19 heavy (non-hydrogen) atoms. The molecule has 4 nitrogen and oxygen atoms in total. The predicted molar refractivity (Wildman–Crippen MR) is 71.2 cm³/mol. The molecule has 0 bridgehead atoms. The molecule has 0 aliphatic carbocycles. The van der Waals surface area contributed by atoms with Crippen molar-refractivity contribution >= 4 is 16.7 Å². The van der Waals surface area contributed by atoms with Crippen molar-refractivity contribution in [3.05, 3.63) is 42.0 Å². The molecule has 0 aliphatic rings. The second-order valence-corrected chi connectivity index (χ2v) is 4.11. The van der Waals surface area contributed by atoms with Gasteiger partial charge in [0.15, 0.2) is 6.10 Å². The van der Waals surface area contributed by atoms with Gasteiger partial charge in [0.25, 0.3) is 0 Å². The molecule has 2 aromatic rings. The van der Waals surface area contributed by atoms with E-state index in [1.807, 2.05) is 31.2 Å². The van der Waals surface area contributed by atoms with E-state index in [0.29, 0.717) is 11.8 Å². The lowest BCUT2D eigenvalue weighted by Gasteiger charge is -2.15. The van der Waals surface area contributed by atoms with E-state index < -0.39 is 12.1 Å². The molecular formula is C15H13NO3. The Balaban J connectivity index is 2.62. The molecule has 0 saturated heterocycles. The van der Waals surface area contributed by atoms with Gasteiger partial charge in [0.2, 0.25) is 0 Å². The maximum Gasteiger partial charge on any atom is 0.339 e. The van der Waals surface area contributed by atoms with E-state index in [4.69, 9.17) is 10.00 Å². The molecule has 4 heteroatoms. The summed E-state index contributed by atoms with van der Waals surface area (Å²) < 4.78 is 5.58. The first kappa shape index (κ1) is 12.9. The van der Waals surface area contributed by atoms with Gasteiger partial charge in [-0.05, 0) is 17.9 Å². The minimum Gasteiger partial charge on any atom is -0.478 e. The molecule has 2 aromatic carbocycles. The molecule has 0 aromatic heterocycles. The molecule has 0 saturated carbocycles. The SMILES string of the molecule is CCC(C#N)Oc1c(C(=O)O)ccc2ccccc12. The maximum atomic E-state index is 11.3. The molecular weight excluding hydrogens is 242 g/mol. The average Bonchev–Trinajstić information content (AvgIpc) is 2.44. The highest BCUT2D eigenvalue weighted by atomic mass is 16.5. The van der Waals surface area contributed by atoms with Crippen LogP contribution >= 0.6 is 0 Å². The quantitative estimate of drug-likeness (QED) is 0.910. The van der Waals surface area contributed by atoms with Gasteiger partial charge in [0.1, 0.15) is 17.4 Å². The summed E-state index contributed by atoms with van der Waals surface area (Å²) in [4.78, 5) is 11.3. The fourth-order valence-corrected chi connectivity index (χ4v) is 1.88. The van der Waals surface area contributed by atoms with Crippen LogP contribution in [0.2, 0.25) is 0 Å². The minimum absolute atomic E-state index is 0.0763. The van der Waals surface area contributed by atoms with Crippen LogP contribution < -0.4 is 4.74 Å². The summed E-state index contributed by atoms with van der Waals surface area (Å²) in [6, 6.07) is 12.6. The van der Waals surface area contributed by atoms with Gasteiger partial charge in [-0.1, -0.05) is 37.3 Å². The van der Waals surface area contributed by atoms with Gasteiger partial charge in [-0.15, -0.1) is 0 Å². The van der Waals surface area contributed by atoms with Gasteiger partial charge < -0.3 is 9.84 Å². The number of benzene rings is 2. The third kappa shape index (κ3) is 2.50. The van der Waals surface area contributed by atoms with Crippen molar-refractivity contribution in [2.24, 2.45) is 0 Å². The van der Waals surface area contributed by atoms with E-state index in [2.05, 4.69) is 0 Å². The van der Waals surface area contributed by atoms with Gasteiger partial charge in [-0.3, -0.25) is 0 Å². The van der Waals surface area contributed by atoms with Crippen molar-refractivity contribution in [3.8, 4) is 11.8 Å². The van der Waals surface area contributed by atoms with E-state index in [-0.39, 0.29) is 11.3 Å². The number of rotatable bonds is 4. The zero-order valence-corrected chi connectivity index (χ0v) is 10.5. The fraction of sp³-hybridized carbons (Fsp3) is 0.200. The molecule has 0 amide bonds. The highest BCUT2D eigenvalue weighted by Gasteiger charge is 2.17. The van der Waals surface area contributed by atoms with Crippen LogP contribution in [0, 0.1) is 11.3 Å². The molecule has 0 heterocycles.